The number of hydrogen-bond donors (Lipinski definition) is 6. The quantitative estimate of drug-likeness (QED) is 0.230. The third kappa shape index (κ3) is 8.87. The van der Waals surface area contributed by atoms with E-state index in [4.69, 9.17) is 10.2 Å². The molecule has 2 atom stereocenters. The number of aliphatic carboxylic acids is 2. The maximum atomic E-state index is 10.6. The summed E-state index contributed by atoms with van der Waals surface area (Å²) in [5.41, 5.74) is 0. The second-order valence-corrected chi connectivity index (χ2v) is 3.79. The first-order valence-corrected chi connectivity index (χ1v) is 5.93. The minimum absolute atomic E-state index is 0. The third-order valence-electron chi connectivity index (χ3n) is 1.87. The predicted octanol–water partition coefficient (Wildman–Crippen LogP) is -1.07. The van der Waals surface area contributed by atoms with Gasteiger partial charge in [0.2, 0.25) is 0 Å². The van der Waals surface area contributed by atoms with E-state index in [1.165, 1.54) is 0 Å². The molecule has 6 nitrogen and oxygen atoms in total. The van der Waals surface area contributed by atoms with Crippen LogP contribution in [0.15, 0.2) is 0 Å². The number of hydrogen-bond acceptors (Lipinski definition) is 6. The van der Waals surface area contributed by atoms with Crippen LogP contribution in [0.2, 0.25) is 0 Å². The van der Waals surface area contributed by atoms with Crippen LogP contribution >= 0.6 is 25.3 Å². The minimum Gasteiger partial charge on any atom is -0.480 e. The van der Waals surface area contributed by atoms with Crippen molar-refractivity contribution < 1.29 is 39.9 Å². The number of carboxylic acid groups (broad SMARTS) is 2. The Balaban J connectivity index is 0. The molecule has 0 aromatic heterocycles. The molecule has 0 aliphatic carbocycles. The Kier molecular flexibility index (Phi) is 13.0. The molecule has 0 rings (SSSR count). The van der Waals surface area contributed by atoms with Gasteiger partial charge < -0.3 is 20.8 Å². The smallest absolute Gasteiger partial charge is 0.321 e. The van der Waals surface area contributed by atoms with E-state index in [-0.39, 0.29) is 31.6 Å². The predicted molar refractivity (Wildman–Crippen MR) is 66.6 cm³/mol. The van der Waals surface area contributed by atoms with E-state index in [1.807, 2.05) is 0 Å². The molecule has 0 spiro atoms. The second-order valence-electron chi connectivity index (χ2n) is 3.06. The van der Waals surface area contributed by atoms with Gasteiger partial charge in [0.1, 0.15) is 12.1 Å². The summed E-state index contributed by atoms with van der Waals surface area (Å²) in [6, 6.07) is -1.44. The summed E-state index contributed by atoms with van der Waals surface area (Å²) in [7, 11) is 0. The zero-order valence-corrected chi connectivity index (χ0v) is 12.6. The van der Waals surface area contributed by atoms with Gasteiger partial charge in [-0.2, -0.15) is 25.3 Å². The van der Waals surface area contributed by atoms with Gasteiger partial charge in [-0.15, -0.1) is 0 Å². The van der Waals surface area contributed by atoms with Crippen LogP contribution < -0.4 is 10.6 Å². The summed E-state index contributed by atoms with van der Waals surface area (Å²) in [6.45, 7) is 0.712. The van der Waals surface area contributed by atoms with Crippen molar-refractivity contribution in [1.82, 2.24) is 10.6 Å². The molecule has 0 bridgehead atoms. The van der Waals surface area contributed by atoms with E-state index in [0.29, 0.717) is 13.1 Å². The molecule has 101 valence electrons. The zero-order chi connectivity index (χ0) is 12.6. The summed E-state index contributed by atoms with van der Waals surface area (Å²) in [5, 5.41) is 22.8. The first-order chi connectivity index (χ1) is 7.52. The fourth-order valence-corrected chi connectivity index (χ4v) is 1.52. The van der Waals surface area contributed by atoms with Gasteiger partial charge in [-0.25, -0.2) is 0 Å². The van der Waals surface area contributed by atoms with Crippen molar-refractivity contribution >= 4 is 37.2 Å². The maximum Gasteiger partial charge on any atom is 0.321 e. The standard InChI is InChI=1S/C8H16N2O4S2.Tc/c11-7(12)5(3-15)9-1-2-10-6(4-16)8(13)14;/h5-6,9-10,15-16H,1-4H2,(H,11,12)(H,13,14);/t5-,6-;/m0./s1. The first kappa shape index (κ1) is 19.5. The van der Waals surface area contributed by atoms with Crippen molar-refractivity contribution in [1.29, 1.82) is 0 Å². The normalized spacial score (nSPS) is 13.5. The SMILES string of the molecule is O=C(O)[C@H](CS)NCCN[C@@H](CS)C(=O)O.[Tc]. The fourth-order valence-electron chi connectivity index (χ4n) is 0.953. The maximum absolute atomic E-state index is 10.6. The summed E-state index contributed by atoms with van der Waals surface area (Å²) in [6.07, 6.45) is 0. The van der Waals surface area contributed by atoms with Gasteiger partial charge in [-0.05, 0) is 0 Å². The molecular formula is C8H16N2O4S2Tc. The summed E-state index contributed by atoms with van der Waals surface area (Å²) >= 11 is 7.76. The Bertz CT molecular complexity index is 222. The number of carbonyl (C=O) groups is 2. The van der Waals surface area contributed by atoms with E-state index in [1.54, 1.807) is 0 Å². The van der Waals surface area contributed by atoms with Gasteiger partial charge >= 0.3 is 11.9 Å². The van der Waals surface area contributed by atoms with Gasteiger partial charge in [0.05, 0.1) is 0 Å². The van der Waals surface area contributed by atoms with Crippen LogP contribution in [0, 0.1) is 0 Å². The fraction of sp³-hybridized carbons (Fsp3) is 0.750. The molecule has 0 fully saturated rings. The number of carboxylic acids is 2. The molecule has 0 aromatic carbocycles. The van der Waals surface area contributed by atoms with Crippen molar-refractivity contribution in [3.63, 3.8) is 0 Å². The van der Waals surface area contributed by atoms with Crippen molar-refractivity contribution in [2.24, 2.45) is 0 Å². The van der Waals surface area contributed by atoms with Crippen molar-refractivity contribution in [2.75, 3.05) is 24.6 Å². The molecular weight excluding hydrogens is 350 g/mol. The van der Waals surface area contributed by atoms with E-state index in [2.05, 4.69) is 35.9 Å². The van der Waals surface area contributed by atoms with E-state index in [9.17, 15) is 9.59 Å². The number of thiol groups is 2. The molecule has 0 unspecified atom stereocenters. The molecule has 0 saturated heterocycles. The number of nitrogens with one attached hydrogen (secondary N) is 2. The van der Waals surface area contributed by atoms with Gasteiger partial charge in [-0.3, -0.25) is 9.59 Å². The van der Waals surface area contributed by atoms with Gasteiger partial charge in [0.25, 0.3) is 0 Å². The average Bonchev–Trinajstić information content (AvgIpc) is 2.22. The van der Waals surface area contributed by atoms with Crippen molar-refractivity contribution in [2.45, 2.75) is 12.1 Å². The first-order valence-electron chi connectivity index (χ1n) is 4.67. The Morgan fingerprint density at radius 1 is 0.941 bits per heavy atom. The Morgan fingerprint density at radius 2 is 1.24 bits per heavy atom. The Morgan fingerprint density at radius 3 is 1.41 bits per heavy atom. The third-order valence-corrected chi connectivity index (χ3v) is 2.60. The van der Waals surface area contributed by atoms with Crippen LogP contribution in [0.5, 0.6) is 0 Å². The molecule has 17 heavy (non-hydrogen) atoms. The van der Waals surface area contributed by atoms with Crippen LogP contribution in [-0.2, 0) is 29.7 Å². The molecule has 9 heteroatoms. The Labute approximate surface area is 124 Å². The summed E-state index contributed by atoms with van der Waals surface area (Å²) in [5.74, 6) is -1.58. The molecule has 4 N–H and O–H groups in total. The zero-order valence-electron chi connectivity index (χ0n) is 8.97. The number of rotatable bonds is 9. The van der Waals surface area contributed by atoms with Gasteiger partial charge in [-0.1, -0.05) is 0 Å². The summed E-state index contributed by atoms with van der Waals surface area (Å²) in [4.78, 5) is 21.2. The molecule has 1 radical (unpaired) electrons. The molecule has 0 aliphatic heterocycles. The topological polar surface area (TPSA) is 98.7 Å². The van der Waals surface area contributed by atoms with Crippen LogP contribution in [0.3, 0.4) is 0 Å². The van der Waals surface area contributed by atoms with Crippen LogP contribution in [0.25, 0.3) is 0 Å². The summed E-state index contributed by atoms with van der Waals surface area (Å²) < 4.78 is 0. The van der Waals surface area contributed by atoms with Gasteiger partial charge in [0.15, 0.2) is 0 Å². The van der Waals surface area contributed by atoms with E-state index in [0.717, 1.165) is 0 Å². The molecule has 0 amide bonds. The molecule has 0 aromatic rings. The second kappa shape index (κ2) is 11.3. The Hall–Kier alpha value is 0.209. The molecule has 0 heterocycles. The van der Waals surface area contributed by atoms with Crippen molar-refractivity contribution in [3.8, 4) is 0 Å². The van der Waals surface area contributed by atoms with E-state index >= 15 is 0 Å². The minimum atomic E-state index is -0.973. The molecule has 0 aliphatic rings. The van der Waals surface area contributed by atoms with E-state index < -0.39 is 24.0 Å². The van der Waals surface area contributed by atoms with Crippen LogP contribution in [-0.4, -0.2) is 58.8 Å². The van der Waals surface area contributed by atoms with Crippen LogP contribution in [0.1, 0.15) is 0 Å². The molecule has 0 saturated carbocycles. The van der Waals surface area contributed by atoms with Crippen molar-refractivity contribution in [3.05, 3.63) is 0 Å². The largest absolute Gasteiger partial charge is 0.480 e. The average molecular weight is 366 g/mol. The monoisotopic (exact) mass is 365 g/mol. The van der Waals surface area contributed by atoms with Gasteiger partial charge in [0, 0.05) is 44.7 Å². The van der Waals surface area contributed by atoms with Crippen LogP contribution in [0.4, 0.5) is 0 Å².